The summed E-state index contributed by atoms with van der Waals surface area (Å²) in [5.41, 5.74) is 1.39. The highest BCUT2D eigenvalue weighted by molar-refractivity contribution is 7.99. The molecule has 1 heteroatoms. The third-order valence-corrected chi connectivity index (χ3v) is 3.36. The standard InChI is InChI=1S/C15H20S/c1-4-6-7-8-13(3)14-9-11-15(12-10-14)16-5-2/h9-13H,4-5,8H2,1-3H3. The van der Waals surface area contributed by atoms with Gasteiger partial charge in [-0.15, -0.1) is 23.6 Å². The molecule has 0 bridgehead atoms. The Hall–Kier alpha value is -0.870. The summed E-state index contributed by atoms with van der Waals surface area (Å²) in [6.07, 6.45) is 1.92. The molecular weight excluding hydrogens is 212 g/mol. The van der Waals surface area contributed by atoms with E-state index in [0.29, 0.717) is 5.92 Å². The first-order chi connectivity index (χ1) is 7.77. The second-order valence-electron chi connectivity index (χ2n) is 3.81. The lowest BCUT2D eigenvalue weighted by molar-refractivity contribution is 0.794. The molecule has 86 valence electrons. The van der Waals surface area contributed by atoms with Gasteiger partial charge >= 0.3 is 0 Å². The van der Waals surface area contributed by atoms with Crippen LogP contribution in [0.2, 0.25) is 0 Å². The second-order valence-corrected chi connectivity index (χ2v) is 5.15. The van der Waals surface area contributed by atoms with Gasteiger partial charge in [0, 0.05) is 17.7 Å². The van der Waals surface area contributed by atoms with Crippen molar-refractivity contribution in [2.24, 2.45) is 0 Å². The Bertz CT molecular complexity index is 353. The van der Waals surface area contributed by atoms with Gasteiger partial charge in [-0.25, -0.2) is 0 Å². The quantitative estimate of drug-likeness (QED) is 0.535. The van der Waals surface area contributed by atoms with Crippen molar-refractivity contribution < 1.29 is 0 Å². The highest BCUT2D eigenvalue weighted by Gasteiger charge is 2.03. The van der Waals surface area contributed by atoms with Gasteiger partial charge in [-0.2, -0.15) is 0 Å². The van der Waals surface area contributed by atoms with Gasteiger partial charge in [0.2, 0.25) is 0 Å². The van der Waals surface area contributed by atoms with E-state index in [9.17, 15) is 0 Å². The molecule has 0 aromatic heterocycles. The maximum Gasteiger partial charge on any atom is 0.0155 e. The van der Waals surface area contributed by atoms with Crippen LogP contribution in [0.4, 0.5) is 0 Å². The van der Waals surface area contributed by atoms with Crippen LogP contribution in [0, 0.1) is 11.8 Å². The first-order valence-corrected chi connectivity index (χ1v) is 6.95. The van der Waals surface area contributed by atoms with Crippen LogP contribution in [0.3, 0.4) is 0 Å². The first kappa shape index (κ1) is 13.2. The topological polar surface area (TPSA) is 0 Å². The van der Waals surface area contributed by atoms with Gasteiger partial charge in [0.15, 0.2) is 0 Å². The van der Waals surface area contributed by atoms with E-state index in [0.717, 1.165) is 18.6 Å². The maximum absolute atomic E-state index is 3.22. The van der Waals surface area contributed by atoms with Gasteiger partial charge in [-0.3, -0.25) is 0 Å². The molecule has 0 nitrogen and oxygen atoms in total. The molecule has 0 amide bonds. The second kappa shape index (κ2) is 7.41. The van der Waals surface area contributed by atoms with Crippen molar-refractivity contribution >= 4 is 11.8 Å². The molecule has 0 radical (unpaired) electrons. The molecule has 1 atom stereocenters. The van der Waals surface area contributed by atoms with Crippen molar-refractivity contribution in [3.8, 4) is 11.8 Å². The minimum absolute atomic E-state index is 0.541. The Morgan fingerprint density at radius 1 is 1.12 bits per heavy atom. The Morgan fingerprint density at radius 3 is 2.38 bits per heavy atom. The van der Waals surface area contributed by atoms with Gasteiger partial charge in [-0.05, 0) is 29.4 Å². The summed E-state index contributed by atoms with van der Waals surface area (Å²) in [6, 6.07) is 8.90. The van der Waals surface area contributed by atoms with E-state index >= 15 is 0 Å². The molecule has 16 heavy (non-hydrogen) atoms. The SMILES string of the molecule is CCC#CCC(C)c1ccc(SCC)cc1. The Balaban J connectivity index is 2.59. The van der Waals surface area contributed by atoms with Crippen LogP contribution in [0.5, 0.6) is 0 Å². The number of hydrogen-bond acceptors (Lipinski definition) is 1. The van der Waals surface area contributed by atoms with Crippen LogP contribution >= 0.6 is 11.8 Å². The highest BCUT2D eigenvalue weighted by atomic mass is 32.2. The van der Waals surface area contributed by atoms with E-state index in [1.807, 2.05) is 11.8 Å². The molecule has 0 fully saturated rings. The summed E-state index contributed by atoms with van der Waals surface area (Å²) in [5.74, 6) is 8.02. The van der Waals surface area contributed by atoms with E-state index in [4.69, 9.17) is 0 Å². The van der Waals surface area contributed by atoms with Gasteiger partial charge in [0.05, 0.1) is 0 Å². The lowest BCUT2D eigenvalue weighted by Gasteiger charge is -2.08. The molecule has 1 unspecified atom stereocenters. The van der Waals surface area contributed by atoms with Crippen LogP contribution in [-0.2, 0) is 0 Å². The van der Waals surface area contributed by atoms with Gasteiger partial charge in [-0.1, -0.05) is 32.9 Å². The van der Waals surface area contributed by atoms with E-state index < -0.39 is 0 Å². The lowest BCUT2D eigenvalue weighted by Crippen LogP contribution is -1.91. The smallest absolute Gasteiger partial charge is 0.0155 e. The third-order valence-electron chi connectivity index (χ3n) is 2.47. The summed E-state index contributed by atoms with van der Waals surface area (Å²) in [5, 5.41) is 0. The lowest BCUT2D eigenvalue weighted by atomic mass is 9.98. The van der Waals surface area contributed by atoms with E-state index in [-0.39, 0.29) is 0 Å². The normalized spacial score (nSPS) is 11.7. The average Bonchev–Trinajstić information content (AvgIpc) is 2.30. The predicted octanol–water partition coefficient (Wildman–Crippen LogP) is 4.71. The molecule has 1 aromatic carbocycles. The fourth-order valence-corrected chi connectivity index (χ4v) is 2.19. The van der Waals surface area contributed by atoms with Crippen LogP contribution in [0.15, 0.2) is 29.2 Å². The van der Waals surface area contributed by atoms with Crippen molar-refractivity contribution in [1.29, 1.82) is 0 Å². The highest BCUT2D eigenvalue weighted by Crippen LogP contribution is 2.23. The molecular formula is C15H20S. The predicted molar refractivity (Wildman–Crippen MR) is 73.9 cm³/mol. The van der Waals surface area contributed by atoms with Crippen molar-refractivity contribution in [1.82, 2.24) is 0 Å². The number of hydrogen-bond donors (Lipinski definition) is 0. The zero-order valence-corrected chi connectivity index (χ0v) is 11.2. The summed E-state index contributed by atoms with van der Waals surface area (Å²) >= 11 is 1.89. The number of benzene rings is 1. The van der Waals surface area contributed by atoms with E-state index in [1.165, 1.54) is 10.5 Å². The molecule has 0 heterocycles. The van der Waals surface area contributed by atoms with Crippen LogP contribution < -0.4 is 0 Å². The fraction of sp³-hybridized carbons (Fsp3) is 0.467. The van der Waals surface area contributed by atoms with Gasteiger partial charge in [0.25, 0.3) is 0 Å². The van der Waals surface area contributed by atoms with Crippen LogP contribution in [-0.4, -0.2) is 5.75 Å². The summed E-state index contributed by atoms with van der Waals surface area (Å²) in [7, 11) is 0. The summed E-state index contributed by atoms with van der Waals surface area (Å²) < 4.78 is 0. The van der Waals surface area contributed by atoms with E-state index in [1.54, 1.807) is 0 Å². The fourth-order valence-electron chi connectivity index (χ4n) is 1.53. The Labute approximate surface area is 104 Å². The number of thioether (sulfide) groups is 1. The zero-order valence-electron chi connectivity index (χ0n) is 10.4. The monoisotopic (exact) mass is 232 g/mol. The average molecular weight is 232 g/mol. The Morgan fingerprint density at radius 2 is 1.81 bits per heavy atom. The molecule has 0 saturated heterocycles. The molecule has 1 aromatic rings. The molecule has 1 rings (SSSR count). The van der Waals surface area contributed by atoms with Crippen molar-refractivity contribution in [3.05, 3.63) is 29.8 Å². The molecule has 0 N–H and O–H groups in total. The van der Waals surface area contributed by atoms with Crippen molar-refractivity contribution in [2.45, 2.75) is 44.4 Å². The van der Waals surface area contributed by atoms with Crippen LogP contribution in [0.25, 0.3) is 0 Å². The van der Waals surface area contributed by atoms with Gasteiger partial charge in [0.1, 0.15) is 0 Å². The maximum atomic E-state index is 3.22. The minimum atomic E-state index is 0.541. The number of rotatable bonds is 4. The molecule has 0 aliphatic heterocycles. The third kappa shape index (κ3) is 4.33. The summed E-state index contributed by atoms with van der Waals surface area (Å²) in [6.45, 7) is 6.52. The summed E-state index contributed by atoms with van der Waals surface area (Å²) in [4.78, 5) is 1.36. The Kier molecular flexibility index (Phi) is 6.11. The minimum Gasteiger partial charge on any atom is -0.126 e. The van der Waals surface area contributed by atoms with Crippen LogP contribution in [0.1, 0.15) is 45.1 Å². The molecule has 0 aliphatic rings. The van der Waals surface area contributed by atoms with Crippen molar-refractivity contribution in [2.75, 3.05) is 5.75 Å². The largest absolute Gasteiger partial charge is 0.126 e. The first-order valence-electron chi connectivity index (χ1n) is 5.96. The van der Waals surface area contributed by atoms with E-state index in [2.05, 4.69) is 56.9 Å². The molecule has 0 aliphatic carbocycles. The molecule has 0 saturated carbocycles. The molecule has 0 spiro atoms. The van der Waals surface area contributed by atoms with Gasteiger partial charge < -0.3 is 0 Å². The zero-order chi connectivity index (χ0) is 11.8. The van der Waals surface area contributed by atoms with Crippen molar-refractivity contribution in [3.63, 3.8) is 0 Å².